The number of benzene rings is 1. The smallest absolute Gasteiger partial charge is 0.287 e. The molecule has 0 aliphatic heterocycles. The van der Waals surface area contributed by atoms with Crippen LogP contribution in [0.4, 0.5) is 0 Å². The number of H-pyrrole nitrogens is 1. The summed E-state index contributed by atoms with van der Waals surface area (Å²) in [4.78, 5) is 14.4. The average Bonchev–Trinajstić information content (AvgIpc) is 2.93. The highest BCUT2D eigenvalue weighted by molar-refractivity contribution is 6.30. The molecule has 0 atom stereocenters. The van der Waals surface area contributed by atoms with Crippen LogP contribution in [0.1, 0.15) is 16.1 Å². The van der Waals surface area contributed by atoms with Crippen LogP contribution >= 0.6 is 11.6 Å². The second-order valence-corrected chi connectivity index (χ2v) is 4.48. The van der Waals surface area contributed by atoms with Gasteiger partial charge in [-0.05, 0) is 29.8 Å². The van der Waals surface area contributed by atoms with Crippen molar-refractivity contribution >= 4 is 23.7 Å². The molecule has 1 amide bonds. The SMILES string of the molecule is COc1ccc(/C=N/NC(=O)c2cc(Cl)c[nH]2)cc1OC. The van der Waals surface area contributed by atoms with Gasteiger partial charge in [-0.25, -0.2) is 5.43 Å². The molecule has 7 heteroatoms. The Morgan fingerprint density at radius 3 is 2.67 bits per heavy atom. The Balaban J connectivity index is 2.03. The molecular weight excluding hydrogens is 294 g/mol. The molecule has 0 bridgehead atoms. The Kier molecular flexibility index (Phi) is 4.84. The van der Waals surface area contributed by atoms with Crippen molar-refractivity contribution in [3.63, 3.8) is 0 Å². The summed E-state index contributed by atoms with van der Waals surface area (Å²) in [6.45, 7) is 0. The molecule has 21 heavy (non-hydrogen) atoms. The molecule has 110 valence electrons. The molecule has 2 rings (SSSR count). The number of hydrazone groups is 1. The fourth-order valence-corrected chi connectivity index (χ4v) is 1.82. The van der Waals surface area contributed by atoms with Gasteiger partial charge in [-0.15, -0.1) is 0 Å². The van der Waals surface area contributed by atoms with Gasteiger partial charge in [0, 0.05) is 6.20 Å². The first-order valence-corrected chi connectivity index (χ1v) is 6.41. The molecule has 2 aromatic rings. The summed E-state index contributed by atoms with van der Waals surface area (Å²) in [5.74, 6) is 0.835. The van der Waals surface area contributed by atoms with E-state index in [1.54, 1.807) is 32.4 Å². The molecule has 1 aromatic heterocycles. The monoisotopic (exact) mass is 307 g/mol. The third-order valence-electron chi connectivity index (χ3n) is 2.68. The number of methoxy groups -OCH3 is 2. The number of rotatable bonds is 5. The maximum Gasteiger partial charge on any atom is 0.287 e. The van der Waals surface area contributed by atoms with Gasteiger partial charge in [-0.2, -0.15) is 5.10 Å². The normalized spacial score (nSPS) is 10.6. The van der Waals surface area contributed by atoms with Crippen molar-refractivity contribution in [3.05, 3.63) is 46.7 Å². The number of ether oxygens (including phenoxy) is 2. The van der Waals surface area contributed by atoms with Crippen LogP contribution < -0.4 is 14.9 Å². The van der Waals surface area contributed by atoms with E-state index >= 15 is 0 Å². The van der Waals surface area contributed by atoms with Gasteiger partial charge < -0.3 is 14.5 Å². The average molecular weight is 308 g/mol. The molecule has 0 saturated heterocycles. The maximum atomic E-state index is 11.7. The molecule has 0 aliphatic carbocycles. The third-order valence-corrected chi connectivity index (χ3v) is 2.90. The number of carbonyl (C=O) groups excluding carboxylic acids is 1. The number of hydrogen-bond acceptors (Lipinski definition) is 4. The predicted molar refractivity (Wildman–Crippen MR) is 80.4 cm³/mol. The third kappa shape index (κ3) is 3.76. The molecule has 2 N–H and O–H groups in total. The van der Waals surface area contributed by atoms with Crippen LogP contribution in [-0.4, -0.2) is 31.3 Å². The van der Waals surface area contributed by atoms with E-state index in [9.17, 15) is 4.79 Å². The van der Waals surface area contributed by atoms with E-state index in [0.29, 0.717) is 22.2 Å². The number of aromatic amines is 1. The lowest BCUT2D eigenvalue weighted by molar-refractivity contribution is 0.0951. The highest BCUT2D eigenvalue weighted by Gasteiger charge is 2.06. The minimum atomic E-state index is -0.376. The zero-order valence-corrected chi connectivity index (χ0v) is 12.3. The number of nitrogens with zero attached hydrogens (tertiary/aromatic N) is 1. The van der Waals surface area contributed by atoms with Gasteiger partial charge in [-0.3, -0.25) is 4.79 Å². The van der Waals surface area contributed by atoms with Crippen molar-refractivity contribution in [2.24, 2.45) is 5.10 Å². The van der Waals surface area contributed by atoms with Crippen molar-refractivity contribution in [2.45, 2.75) is 0 Å². The number of nitrogens with one attached hydrogen (secondary N) is 2. The summed E-state index contributed by atoms with van der Waals surface area (Å²) in [6.07, 6.45) is 3.03. The van der Waals surface area contributed by atoms with Crippen LogP contribution in [0.25, 0.3) is 0 Å². The van der Waals surface area contributed by atoms with E-state index in [1.807, 2.05) is 0 Å². The first-order valence-electron chi connectivity index (χ1n) is 6.03. The highest BCUT2D eigenvalue weighted by Crippen LogP contribution is 2.26. The predicted octanol–water partition coefficient (Wildman–Crippen LogP) is 2.45. The molecule has 1 heterocycles. The summed E-state index contributed by atoms with van der Waals surface area (Å²) >= 11 is 5.72. The van der Waals surface area contributed by atoms with Crippen molar-refractivity contribution in [1.82, 2.24) is 10.4 Å². The lowest BCUT2D eigenvalue weighted by Gasteiger charge is -2.07. The van der Waals surface area contributed by atoms with E-state index in [2.05, 4.69) is 15.5 Å². The molecule has 0 fully saturated rings. The van der Waals surface area contributed by atoms with Crippen molar-refractivity contribution in [2.75, 3.05) is 14.2 Å². The van der Waals surface area contributed by atoms with Gasteiger partial charge >= 0.3 is 0 Å². The molecular formula is C14H14ClN3O3. The van der Waals surface area contributed by atoms with Gasteiger partial charge in [0.25, 0.3) is 5.91 Å². The van der Waals surface area contributed by atoms with Crippen LogP contribution in [0.5, 0.6) is 11.5 Å². The van der Waals surface area contributed by atoms with Gasteiger partial charge in [-0.1, -0.05) is 11.6 Å². The summed E-state index contributed by atoms with van der Waals surface area (Å²) in [6, 6.07) is 6.82. The van der Waals surface area contributed by atoms with Crippen molar-refractivity contribution in [3.8, 4) is 11.5 Å². The quantitative estimate of drug-likeness (QED) is 0.658. The van der Waals surface area contributed by atoms with Crippen molar-refractivity contribution < 1.29 is 14.3 Å². The van der Waals surface area contributed by atoms with E-state index < -0.39 is 0 Å². The summed E-state index contributed by atoms with van der Waals surface area (Å²) < 4.78 is 10.3. The first kappa shape index (κ1) is 14.9. The van der Waals surface area contributed by atoms with Crippen LogP contribution in [0.2, 0.25) is 5.02 Å². The topological polar surface area (TPSA) is 75.7 Å². The molecule has 1 aromatic carbocycles. The molecule has 0 spiro atoms. The Morgan fingerprint density at radius 1 is 1.29 bits per heavy atom. The van der Waals surface area contributed by atoms with Gasteiger partial charge in [0.15, 0.2) is 11.5 Å². The largest absolute Gasteiger partial charge is 0.493 e. The van der Waals surface area contributed by atoms with Crippen LogP contribution in [0.3, 0.4) is 0 Å². The molecule has 6 nitrogen and oxygen atoms in total. The molecule has 0 radical (unpaired) electrons. The standard InChI is InChI=1S/C14H14ClN3O3/c1-20-12-4-3-9(5-13(12)21-2)7-17-18-14(19)11-6-10(15)8-16-11/h3-8,16H,1-2H3,(H,18,19)/b17-7+. The zero-order chi connectivity index (χ0) is 15.2. The fourth-order valence-electron chi connectivity index (χ4n) is 1.66. The summed E-state index contributed by atoms with van der Waals surface area (Å²) in [5, 5.41) is 4.34. The molecule has 0 aliphatic rings. The minimum absolute atomic E-state index is 0.337. The maximum absolute atomic E-state index is 11.7. The van der Waals surface area contributed by atoms with Gasteiger partial charge in [0.1, 0.15) is 5.69 Å². The fraction of sp³-hybridized carbons (Fsp3) is 0.143. The summed E-state index contributed by atoms with van der Waals surface area (Å²) in [7, 11) is 3.11. The second-order valence-electron chi connectivity index (χ2n) is 4.05. The minimum Gasteiger partial charge on any atom is -0.493 e. The van der Waals surface area contributed by atoms with E-state index in [0.717, 1.165) is 5.56 Å². The number of halogens is 1. The first-order chi connectivity index (χ1) is 10.1. The zero-order valence-electron chi connectivity index (χ0n) is 11.5. The van der Waals surface area contributed by atoms with E-state index in [1.165, 1.54) is 18.5 Å². The van der Waals surface area contributed by atoms with E-state index in [4.69, 9.17) is 21.1 Å². The van der Waals surface area contributed by atoms with Crippen molar-refractivity contribution in [1.29, 1.82) is 0 Å². The Hall–Kier alpha value is -2.47. The molecule has 0 unspecified atom stereocenters. The van der Waals surface area contributed by atoms with Crippen LogP contribution in [-0.2, 0) is 0 Å². The van der Waals surface area contributed by atoms with Crippen LogP contribution in [0, 0.1) is 0 Å². The Labute approximate surface area is 126 Å². The number of amides is 1. The second kappa shape index (κ2) is 6.81. The Morgan fingerprint density at radius 2 is 2.05 bits per heavy atom. The van der Waals surface area contributed by atoms with Gasteiger partial charge in [0.2, 0.25) is 0 Å². The number of hydrogen-bond donors (Lipinski definition) is 2. The highest BCUT2D eigenvalue weighted by atomic mass is 35.5. The molecule has 0 saturated carbocycles. The Bertz CT molecular complexity index is 667. The number of aromatic nitrogens is 1. The number of carbonyl (C=O) groups is 1. The van der Waals surface area contributed by atoms with Crippen LogP contribution in [0.15, 0.2) is 35.6 Å². The summed E-state index contributed by atoms with van der Waals surface area (Å²) in [5.41, 5.74) is 3.49. The lowest BCUT2D eigenvalue weighted by Crippen LogP contribution is -2.17. The van der Waals surface area contributed by atoms with Gasteiger partial charge in [0.05, 0.1) is 25.5 Å². The van der Waals surface area contributed by atoms with E-state index in [-0.39, 0.29) is 5.91 Å². The lowest BCUT2D eigenvalue weighted by atomic mass is 10.2.